The lowest BCUT2D eigenvalue weighted by Gasteiger charge is -2.14. The molecule has 0 amide bonds. The van der Waals surface area contributed by atoms with Gasteiger partial charge >= 0.3 is 0 Å². The Morgan fingerprint density at radius 2 is 1.86 bits per heavy atom. The molecule has 2 heterocycles. The largest absolute Gasteiger partial charge is 0.370 e. The van der Waals surface area contributed by atoms with E-state index < -0.39 is 0 Å². The maximum atomic E-state index is 4.76. The van der Waals surface area contributed by atoms with Crippen LogP contribution in [0.2, 0.25) is 0 Å². The molecular weight excluding hydrogens is 280 g/mol. The molecule has 0 aliphatic heterocycles. The Morgan fingerprint density at radius 3 is 2.43 bits per heavy atom. The SMILES string of the molecule is CCNc1nc(C)nc(Cc2nc(C(C)(C)C)cs2)c1C. The van der Waals surface area contributed by atoms with Crippen LogP contribution in [0.25, 0.3) is 0 Å². The molecule has 0 aliphatic rings. The fraction of sp³-hybridized carbons (Fsp3) is 0.562. The number of aryl methyl sites for hydroxylation is 1. The molecular formula is C16H24N4S. The highest BCUT2D eigenvalue weighted by Crippen LogP contribution is 2.26. The van der Waals surface area contributed by atoms with E-state index in [1.165, 1.54) is 0 Å². The minimum atomic E-state index is 0.0975. The molecule has 0 aromatic carbocycles. The Morgan fingerprint density at radius 1 is 1.14 bits per heavy atom. The molecule has 1 N–H and O–H groups in total. The molecule has 0 aliphatic carbocycles. The van der Waals surface area contributed by atoms with Crippen molar-refractivity contribution in [2.45, 2.75) is 53.4 Å². The van der Waals surface area contributed by atoms with Crippen molar-refractivity contribution in [3.63, 3.8) is 0 Å². The van der Waals surface area contributed by atoms with Crippen LogP contribution < -0.4 is 5.32 Å². The highest BCUT2D eigenvalue weighted by atomic mass is 32.1. The van der Waals surface area contributed by atoms with Crippen molar-refractivity contribution >= 4 is 17.2 Å². The summed E-state index contributed by atoms with van der Waals surface area (Å²) in [5.74, 6) is 1.74. The van der Waals surface area contributed by atoms with Crippen molar-refractivity contribution < 1.29 is 0 Å². The van der Waals surface area contributed by atoms with Crippen molar-refractivity contribution in [2.75, 3.05) is 11.9 Å². The molecule has 0 saturated heterocycles. The second-order valence-electron chi connectivity index (χ2n) is 6.27. The number of aromatic nitrogens is 3. The summed E-state index contributed by atoms with van der Waals surface area (Å²) in [5, 5.41) is 6.58. The molecule has 5 heteroatoms. The normalized spacial score (nSPS) is 11.7. The van der Waals surface area contributed by atoms with Gasteiger partial charge in [-0.3, -0.25) is 0 Å². The average Bonchev–Trinajstić information content (AvgIpc) is 2.84. The summed E-state index contributed by atoms with van der Waals surface area (Å²) < 4.78 is 0. The maximum absolute atomic E-state index is 4.76. The Balaban J connectivity index is 2.29. The van der Waals surface area contributed by atoms with Gasteiger partial charge in [0.05, 0.1) is 16.4 Å². The van der Waals surface area contributed by atoms with Crippen molar-refractivity contribution in [3.05, 3.63) is 33.2 Å². The summed E-state index contributed by atoms with van der Waals surface area (Å²) in [5.41, 5.74) is 3.43. The van der Waals surface area contributed by atoms with Crippen LogP contribution in [0, 0.1) is 13.8 Å². The monoisotopic (exact) mass is 304 g/mol. The van der Waals surface area contributed by atoms with E-state index in [1.807, 2.05) is 6.92 Å². The zero-order valence-electron chi connectivity index (χ0n) is 13.7. The third kappa shape index (κ3) is 3.79. The fourth-order valence-electron chi connectivity index (χ4n) is 2.08. The highest BCUT2D eigenvalue weighted by molar-refractivity contribution is 7.09. The number of hydrogen-bond acceptors (Lipinski definition) is 5. The Hall–Kier alpha value is -1.49. The molecule has 2 rings (SSSR count). The number of anilines is 1. The average molecular weight is 304 g/mol. The predicted octanol–water partition coefficient (Wildman–Crippen LogP) is 3.87. The number of rotatable bonds is 4. The molecule has 0 spiro atoms. The quantitative estimate of drug-likeness (QED) is 0.931. The van der Waals surface area contributed by atoms with Crippen LogP contribution in [0.15, 0.2) is 5.38 Å². The Kier molecular flexibility index (Phi) is 4.61. The molecule has 0 fully saturated rings. The van der Waals surface area contributed by atoms with Gasteiger partial charge in [-0.15, -0.1) is 11.3 Å². The lowest BCUT2D eigenvalue weighted by Crippen LogP contribution is -2.12. The van der Waals surface area contributed by atoms with E-state index in [0.29, 0.717) is 0 Å². The van der Waals surface area contributed by atoms with Gasteiger partial charge in [-0.25, -0.2) is 15.0 Å². The van der Waals surface area contributed by atoms with E-state index in [1.54, 1.807) is 11.3 Å². The van der Waals surface area contributed by atoms with Gasteiger partial charge in [0.25, 0.3) is 0 Å². The van der Waals surface area contributed by atoms with Crippen molar-refractivity contribution in [2.24, 2.45) is 0 Å². The number of hydrogen-bond donors (Lipinski definition) is 1. The van der Waals surface area contributed by atoms with Gasteiger partial charge in [-0.05, 0) is 20.8 Å². The lowest BCUT2D eigenvalue weighted by atomic mass is 9.93. The van der Waals surface area contributed by atoms with Crippen LogP contribution in [0.3, 0.4) is 0 Å². The molecule has 0 unspecified atom stereocenters. The topological polar surface area (TPSA) is 50.7 Å². The highest BCUT2D eigenvalue weighted by Gasteiger charge is 2.18. The summed E-state index contributed by atoms with van der Waals surface area (Å²) in [6.07, 6.45) is 0.772. The van der Waals surface area contributed by atoms with Crippen LogP contribution >= 0.6 is 11.3 Å². The van der Waals surface area contributed by atoms with Crippen molar-refractivity contribution in [3.8, 4) is 0 Å². The van der Waals surface area contributed by atoms with E-state index in [-0.39, 0.29) is 5.41 Å². The number of nitrogens with one attached hydrogen (secondary N) is 1. The van der Waals surface area contributed by atoms with E-state index in [2.05, 4.69) is 55.3 Å². The molecule has 21 heavy (non-hydrogen) atoms. The van der Waals surface area contributed by atoms with Gasteiger partial charge in [0.15, 0.2) is 0 Å². The summed E-state index contributed by atoms with van der Waals surface area (Å²) >= 11 is 1.71. The minimum absolute atomic E-state index is 0.0975. The molecule has 4 nitrogen and oxygen atoms in total. The van der Waals surface area contributed by atoms with Crippen LogP contribution in [-0.4, -0.2) is 21.5 Å². The zero-order chi connectivity index (χ0) is 15.6. The van der Waals surface area contributed by atoms with Crippen molar-refractivity contribution in [1.29, 1.82) is 0 Å². The zero-order valence-corrected chi connectivity index (χ0v) is 14.6. The van der Waals surface area contributed by atoms with Crippen molar-refractivity contribution in [1.82, 2.24) is 15.0 Å². The molecule has 0 atom stereocenters. The smallest absolute Gasteiger partial charge is 0.132 e. The molecule has 0 radical (unpaired) electrons. The summed E-state index contributed by atoms with van der Waals surface area (Å²) in [7, 11) is 0. The van der Waals surface area contributed by atoms with Gasteiger partial charge in [0.2, 0.25) is 0 Å². The maximum Gasteiger partial charge on any atom is 0.132 e. The fourth-order valence-corrected chi connectivity index (χ4v) is 3.10. The second kappa shape index (κ2) is 6.10. The van der Waals surface area contributed by atoms with E-state index >= 15 is 0 Å². The third-order valence-electron chi connectivity index (χ3n) is 3.34. The second-order valence-corrected chi connectivity index (χ2v) is 7.22. The lowest BCUT2D eigenvalue weighted by molar-refractivity contribution is 0.571. The van der Waals surface area contributed by atoms with Gasteiger partial charge in [0.1, 0.15) is 11.6 Å². The third-order valence-corrected chi connectivity index (χ3v) is 4.19. The first-order valence-electron chi connectivity index (χ1n) is 7.34. The number of nitrogens with zero attached hydrogens (tertiary/aromatic N) is 3. The first-order valence-corrected chi connectivity index (χ1v) is 8.22. The summed E-state index contributed by atoms with van der Waals surface area (Å²) in [4.78, 5) is 13.8. The molecule has 0 saturated carbocycles. The first-order chi connectivity index (χ1) is 9.81. The van der Waals surface area contributed by atoms with E-state index in [9.17, 15) is 0 Å². The minimum Gasteiger partial charge on any atom is -0.370 e. The summed E-state index contributed by atoms with van der Waals surface area (Å²) in [6, 6.07) is 0. The molecule has 114 valence electrons. The van der Waals surface area contributed by atoms with Gasteiger partial charge in [-0.1, -0.05) is 20.8 Å². The van der Waals surface area contributed by atoms with Crippen LogP contribution in [-0.2, 0) is 11.8 Å². The van der Waals surface area contributed by atoms with Gasteiger partial charge < -0.3 is 5.32 Å². The first kappa shape index (κ1) is 15.9. The molecule has 0 bridgehead atoms. The number of thiazole rings is 1. The van der Waals surface area contributed by atoms with Crippen LogP contribution in [0.1, 0.15) is 55.5 Å². The standard InChI is InChI=1S/C16H24N4S/c1-7-17-15-10(2)12(18-11(3)19-15)8-14-20-13(9-21-14)16(4,5)6/h9H,7-8H2,1-6H3,(H,17,18,19). The van der Waals surface area contributed by atoms with Crippen LogP contribution in [0.4, 0.5) is 5.82 Å². The van der Waals surface area contributed by atoms with Crippen LogP contribution in [0.5, 0.6) is 0 Å². The Labute approximate surface area is 131 Å². The molecule has 2 aromatic rings. The van der Waals surface area contributed by atoms with E-state index in [0.717, 1.165) is 46.6 Å². The summed E-state index contributed by atoms with van der Waals surface area (Å²) in [6.45, 7) is 13.5. The predicted molar refractivity (Wildman–Crippen MR) is 89.3 cm³/mol. The van der Waals surface area contributed by atoms with Gasteiger partial charge in [-0.2, -0.15) is 0 Å². The van der Waals surface area contributed by atoms with E-state index in [4.69, 9.17) is 4.98 Å². The van der Waals surface area contributed by atoms with Gasteiger partial charge in [0, 0.05) is 29.3 Å². The molecule has 2 aromatic heterocycles. The Bertz CT molecular complexity index is 626.